The number of ether oxygens (including phenoxy) is 1. The fraction of sp³-hybridized carbons (Fsp3) is 0.143. The first-order chi connectivity index (χ1) is 8.60. The Bertz CT molecular complexity index is 570. The molecule has 0 saturated carbocycles. The molecule has 4 heteroatoms. The maximum absolute atomic E-state index is 13.7. The Hall–Kier alpha value is -1.25. The lowest BCUT2D eigenvalue weighted by molar-refractivity contribution is 0.441. The molecule has 0 aromatic heterocycles. The third-order valence-corrected chi connectivity index (χ3v) is 3.24. The van der Waals surface area contributed by atoms with Gasteiger partial charge in [-0.05, 0) is 48.4 Å². The molecular formula is C14H11Cl2FO. The zero-order chi connectivity index (χ0) is 13.1. The Labute approximate surface area is 115 Å². The molecule has 0 amide bonds. The van der Waals surface area contributed by atoms with Crippen molar-refractivity contribution in [3.63, 3.8) is 0 Å². The lowest BCUT2D eigenvalue weighted by Gasteiger charge is -2.09. The first kappa shape index (κ1) is 13.2. The molecule has 0 aliphatic heterocycles. The van der Waals surface area contributed by atoms with E-state index >= 15 is 0 Å². The quantitative estimate of drug-likeness (QED) is 0.693. The van der Waals surface area contributed by atoms with Gasteiger partial charge < -0.3 is 4.74 Å². The molecule has 0 fully saturated rings. The predicted molar refractivity (Wildman–Crippen MR) is 72.2 cm³/mol. The van der Waals surface area contributed by atoms with Crippen LogP contribution in [0.5, 0.6) is 11.5 Å². The lowest BCUT2D eigenvalue weighted by atomic mass is 10.2. The van der Waals surface area contributed by atoms with Gasteiger partial charge in [0.25, 0.3) is 0 Å². The second kappa shape index (κ2) is 5.59. The van der Waals surface area contributed by atoms with Crippen LogP contribution in [0.1, 0.15) is 11.1 Å². The average molecular weight is 285 g/mol. The van der Waals surface area contributed by atoms with E-state index in [-0.39, 0.29) is 11.6 Å². The van der Waals surface area contributed by atoms with Gasteiger partial charge in [0, 0.05) is 10.9 Å². The fourth-order valence-electron chi connectivity index (χ4n) is 1.52. The topological polar surface area (TPSA) is 9.23 Å². The summed E-state index contributed by atoms with van der Waals surface area (Å²) in [5, 5.41) is 0.653. The molecule has 0 atom stereocenters. The Morgan fingerprint density at radius 2 is 1.94 bits per heavy atom. The number of benzene rings is 2. The van der Waals surface area contributed by atoms with E-state index in [1.165, 1.54) is 6.07 Å². The highest BCUT2D eigenvalue weighted by molar-refractivity contribution is 6.31. The second-order valence-electron chi connectivity index (χ2n) is 3.91. The average Bonchev–Trinajstić information content (AvgIpc) is 2.36. The minimum atomic E-state index is -0.430. The Morgan fingerprint density at radius 1 is 1.17 bits per heavy atom. The predicted octanol–water partition coefficient (Wildman–Crippen LogP) is 5.32. The van der Waals surface area contributed by atoms with Gasteiger partial charge in [-0.3, -0.25) is 0 Å². The minimum Gasteiger partial charge on any atom is -0.454 e. The molecular weight excluding hydrogens is 274 g/mol. The maximum atomic E-state index is 13.7. The molecule has 94 valence electrons. The van der Waals surface area contributed by atoms with Crippen molar-refractivity contribution in [3.05, 3.63) is 58.4 Å². The Balaban J connectivity index is 2.25. The maximum Gasteiger partial charge on any atom is 0.166 e. The van der Waals surface area contributed by atoms with Crippen molar-refractivity contribution in [2.75, 3.05) is 0 Å². The molecule has 0 aliphatic rings. The number of aryl methyl sites for hydroxylation is 1. The highest BCUT2D eigenvalue weighted by Crippen LogP contribution is 2.28. The smallest absolute Gasteiger partial charge is 0.166 e. The summed E-state index contributed by atoms with van der Waals surface area (Å²) in [4.78, 5) is 0. The summed E-state index contributed by atoms with van der Waals surface area (Å²) in [6.45, 7) is 1.86. The van der Waals surface area contributed by atoms with Crippen molar-refractivity contribution < 1.29 is 9.13 Å². The second-order valence-corrected chi connectivity index (χ2v) is 4.59. The van der Waals surface area contributed by atoms with Gasteiger partial charge >= 0.3 is 0 Å². The third-order valence-electron chi connectivity index (χ3n) is 2.51. The highest BCUT2D eigenvalue weighted by atomic mass is 35.5. The number of alkyl halides is 1. The molecule has 0 N–H and O–H groups in total. The lowest BCUT2D eigenvalue weighted by Crippen LogP contribution is -1.90. The van der Waals surface area contributed by atoms with E-state index in [1.54, 1.807) is 30.3 Å². The summed E-state index contributed by atoms with van der Waals surface area (Å²) in [5.74, 6) is 0.567. The van der Waals surface area contributed by atoms with Crippen molar-refractivity contribution in [1.82, 2.24) is 0 Å². The molecule has 2 rings (SSSR count). The molecule has 2 aromatic rings. The van der Waals surface area contributed by atoms with Crippen LogP contribution in [0.2, 0.25) is 5.02 Å². The van der Waals surface area contributed by atoms with Crippen molar-refractivity contribution in [1.29, 1.82) is 0 Å². The van der Waals surface area contributed by atoms with Gasteiger partial charge in [0.2, 0.25) is 0 Å². The van der Waals surface area contributed by atoms with Crippen LogP contribution in [-0.2, 0) is 5.88 Å². The Morgan fingerprint density at radius 3 is 2.56 bits per heavy atom. The van der Waals surface area contributed by atoms with E-state index in [2.05, 4.69) is 0 Å². The highest BCUT2D eigenvalue weighted by Gasteiger charge is 2.06. The summed E-state index contributed by atoms with van der Waals surface area (Å²) in [6, 6.07) is 9.84. The number of hydrogen-bond acceptors (Lipinski definition) is 1. The molecule has 0 radical (unpaired) electrons. The molecule has 0 saturated heterocycles. The van der Waals surface area contributed by atoms with E-state index in [0.29, 0.717) is 16.3 Å². The number of halogens is 3. The monoisotopic (exact) mass is 284 g/mol. The van der Waals surface area contributed by atoms with E-state index in [9.17, 15) is 4.39 Å². The van der Waals surface area contributed by atoms with E-state index in [4.69, 9.17) is 27.9 Å². The molecule has 0 unspecified atom stereocenters. The molecule has 2 aromatic carbocycles. The van der Waals surface area contributed by atoms with Crippen molar-refractivity contribution in [2.45, 2.75) is 12.8 Å². The summed E-state index contributed by atoms with van der Waals surface area (Å²) in [7, 11) is 0. The van der Waals surface area contributed by atoms with Crippen LogP contribution in [0.4, 0.5) is 4.39 Å². The summed E-state index contributed by atoms with van der Waals surface area (Å²) < 4.78 is 19.2. The zero-order valence-corrected chi connectivity index (χ0v) is 11.2. The van der Waals surface area contributed by atoms with E-state index in [1.807, 2.05) is 6.92 Å². The molecule has 0 aliphatic carbocycles. The number of rotatable bonds is 3. The molecule has 0 spiro atoms. The van der Waals surface area contributed by atoms with Gasteiger partial charge in [-0.15, -0.1) is 11.6 Å². The van der Waals surface area contributed by atoms with Crippen LogP contribution in [0.25, 0.3) is 0 Å². The number of hydrogen-bond donors (Lipinski definition) is 0. The van der Waals surface area contributed by atoms with E-state index < -0.39 is 5.82 Å². The normalized spacial score (nSPS) is 10.4. The van der Waals surface area contributed by atoms with Gasteiger partial charge in [0.05, 0.1) is 0 Å². The third kappa shape index (κ3) is 2.95. The van der Waals surface area contributed by atoms with Crippen LogP contribution >= 0.6 is 23.2 Å². The van der Waals surface area contributed by atoms with Crippen LogP contribution < -0.4 is 4.74 Å². The van der Waals surface area contributed by atoms with Crippen LogP contribution in [0.3, 0.4) is 0 Å². The van der Waals surface area contributed by atoms with Crippen LogP contribution in [0, 0.1) is 12.7 Å². The standard InChI is InChI=1S/C14H11Cl2FO/c1-9-6-11(3-4-12(9)16)18-14-5-2-10(8-15)7-13(14)17/h2-7H,8H2,1H3. The van der Waals surface area contributed by atoms with Crippen molar-refractivity contribution >= 4 is 23.2 Å². The van der Waals surface area contributed by atoms with Gasteiger partial charge in [0.15, 0.2) is 11.6 Å². The molecule has 0 heterocycles. The van der Waals surface area contributed by atoms with Crippen LogP contribution in [-0.4, -0.2) is 0 Å². The minimum absolute atomic E-state index is 0.172. The molecule has 1 nitrogen and oxygen atoms in total. The summed E-state index contributed by atoms with van der Waals surface area (Å²) in [6.07, 6.45) is 0. The zero-order valence-electron chi connectivity index (χ0n) is 9.71. The molecule has 0 bridgehead atoms. The van der Waals surface area contributed by atoms with E-state index in [0.717, 1.165) is 5.56 Å². The fourth-order valence-corrected chi connectivity index (χ4v) is 1.80. The van der Waals surface area contributed by atoms with Gasteiger partial charge in [-0.25, -0.2) is 4.39 Å². The van der Waals surface area contributed by atoms with Crippen molar-refractivity contribution in [3.8, 4) is 11.5 Å². The van der Waals surface area contributed by atoms with Crippen LogP contribution in [0.15, 0.2) is 36.4 Å². The largest absolute Gasteiger partial charge is 0.454 e. The summed E-state index contributed by atoms with van der Waals surface area (Å²) >= 11 is 11.5. The molecule has 18 heavy (non-hydrogen) atoms. The van der Waals surface area contributed by atoms with Gasteiger partial charge in [-0.1, -0.05) is 17.7 Å². The van der Waals surface area contributed by atoms with Crippen molar-refractivity contribution in [2.24, 2.45) is 0 Å². The van der Waals surface area contributed by atoms with Gasteiger partial charge in [0.1, 0.15) is 5.75 Å². The Kier molecular flexibility index (Phi) is 4.10. The summed E-state index contributed by atoms with van der Waals surface area (Å²) in [5.41, 5.74) is 1.60. The first-order valence-electron chi connectivity index (χ1n) is 5.38. The SMILES string of the molecule is Cc1cc(Oc2ccc(CCl)cc2F)ccc1Cl. The first-order valence-corrected chi connectivity index (χ1v) is 6.30. The van der Waals surface area contributed by atoms with Gasteiger partial charge in [-0.2, -0.15) is 0 Å².